The molecule has 2 rings (SSSR count). The summed E-state index contributed by atoms with van der Waals surface area (Å²) in [5, 5.41) is 3.58. The molecule has 0 saturated carbocycles. The average molecular weight is 219 g/mol. The van der Waals surface area contributed by atoms with Crippen LogP contribution >= 0.6 is 0 Å². The van der Waals surface area contributed by atoms with Gasteiger partial charge >= 0.3 is 0 Å². The number of rotatable bonds is 4. The van der Waals surface area contributed by atoms with Crippen LogP contribution in [0.3, 0.4) is 0 Å². The van der Waals surface area contributed by atoms with Crippen molar-refractivity contribution in [3.63, 3.8) is 0 Å². The van der Waals surface area contributed by atoms with E-state index in [0.717, 1.165) is 19.6 Å². The van der Waals surface area contributed by atoms with Crippen molar-refractivity contribution in [2.45, 2.75) is 32.4 Å². The van der Waals surface area contributed by atoms with Crippen LogP contribution < -0.4 is 5.32 Å². The van der Waals surface area contributed by atoms with Crippen LogP contribution in [0.15, 0.2) is 24.5 Å². The SMILES string of the molecule is CCCC1CN(Cc2ccncc2)CCN1. The maximum Gasteiger partial charge on any atom is 0.0271 e. The number of hydrogen-bond donors (Lipinski definition) is 1. The van der Waals surface area contributed by atoms with Gasteiger partial charge in [0.1, 0.15) is 0 Å². The van der Waals surface area contributed by atoms with Gasteiger partial charge in [0.05, 0.1) is 0 Å². The van der Waals surface area contributed by atoms with Crippen molar-refractivity contribution in [2.24, 2.45) is 0 Å². The average Bonchev–Trinajstić information content (AvgIpc) is 2.31. The normalized spacial score (nSPS) is 22.2. The number of piperazine rings is 1. The second kappa shape index (κ2) is 5.97. The topological polar surface area (TPSA) is 28.2 Å². The third-order valence-corrected chi connectivity index (χ3v) is 3.13. The molecule has 1 aromatic heterocycles. The molecule has 1 aliphatic heterocycles. The lowest BCUT2D eigenvalue weighted by atomic mass is 10.1. The van der Waals surface area contributed by atoms with E-state index in [4.69, 9.17) is 0 Å². The molecule has 0 amide bonds. The zero-order valence-electron chi connectivity index (χ0n) is 10.0. The Morgan fingerprint density at radius 1 is 1.44 bits per heavy atom. The Balaban J connectivity index is 1.85. The van der Waals surface area contributed by atoms with E-state index in [1.54, 1.807) is 0 Å². The summed E-state index contributed by atoms with van der Waals surface area (Å²) in [5.74, 6) is 0. The Hall–Kier alpha value is -0.930. The Morgan fingerprint density at radius 3 is 3.00 bits per heavy atom. The maximum atomic E-state index is 4.05. The number of pyridine rings is 1. The third kappa shape index (κ3) is 3.29. The molecule has 0 bridgehead atoms. The van der Waals surface area contributed by atoms with Crippen molar-refractivity contribution in [3.05, 3.63) is 30.1 Å². The molecule has 0 radical (unpaired) electrons. The quantitative estimate of drug-likeness (QED) is 0.834. The van der Waals surface area contributed by atoms with Crippen molar-refractivity contribution in [3.8, 4) is 0 Å². The Kier molecular flexibility index (Phi) is 4.31. The minimum atomic E-state index is 0.681. The van der Waals surface area contributed by atoms with Gasteiger partial charge in [0.2, 0.25) is 0 Å². The van der Waals surface area contributed by atoms with E-state index >= 15 is 0 Å². The lowest BCUT2D eigenvalue weighted by Crippen LogP contribution is -2.50. The van der Waals surface area contributed by atoms with Gasteiger partial charge in [0.15, 0.2) is 0 Å². The molecule has 1 aliphatic rings. The molecule has 3 heteroatoms. The second-order valence-electron chi connectivity index (χ2n) is 4.53. The molecule has 88 valence electrons. The van der Waals surface area contributed by atoms with Gasteiger partial charge in [-0.3, -0.25) is 9.88 Å². The van der Waals surface area contributed by atoms with E-state index in [1.807, 2.05) is 12.4 Å². The Morgan fingerprint density at radius 2 is 2.25 bits per heavy atom. The van der Waals surface area contributed by atoms with Gasteiger partial charge in [-0.2, -0.15) is 0 Å². The molecular formula is C13H21N3. The highest BCUT2D eigenvalue weighted by Crippen LogP contribution is 2.09. The van der Waals surface area contributed by atoms with Crippen molar-refractivity contribution in [1.29, 1.82) is 0 Å². The minimum absolute atomic E-state index is 0.681. The molecule has 16 heavy (non-hydrogen) atoms. The fraction of sp³-hybridized carbons (Fsp3) is 0.615. The first-order valence-corrected chi connectivity index (χ1v) is 6.23. The minimum Gasteiger partial charge on any atom is -0.311 e. The summed E-state index contributed by atoms with van der Waals surface area (Å²) in [6, 6.07) is 4.90. The molecule has 1 aromatic rings. The van der Waals surface area contributed by atoms with Crippen LogP contribution in [-0.2, 0) is 6.54 Å². The van der Waals surface area contributed by atoms with Gasteiger partial charge in [-0.25, -0.2) is 0 Å². The van der Waals surface area contributed by atoms with Crippen LogP contribution in [0.25, 0.3) is 0 Å². The molecule has 0 spiro atoms. The summed E-state index contributed by atoms with van der Waals surface area (Å²) in [5.41, 5.74) is 1.37. The molecule has 1 N–H and O–H groups in total. The van der Waals surface area contributed by atoms with Gasteiger partial charge in [-0.05, 0) is 24.1 Å². The van der Waals surface area contributed by atoms with E-state index in [0.29, 0.717) is 6.04 Å². The molecule has 1 saturated heterocycles. The maximum absolute atomic E-state index is 4.05. The number of nitrogens with one attached hydrogen (secondary N) is 1. The van der Waals surface area contributed by atoms with E-state index in [9.17, 15) is 0 Å². The van der Waals surface area contributed by atoms with Crippen LogP contribution in [0.1, 0.15) is 25.3 Å². The Labute approximate surface area is 97.9 Å². The number of aromatic nitrogens is 1. The van der Waals surface area contributed by atoms with Crippen LogP contribution in [-0.4, -0.2) is 35.6 Å². The van der Waals surface area contributed by atoms with Gasteiger partial charge in [-0.15, -0.1) is 0 Å². The second-order valence-corrected chi connectivity index (χ2v) is 4.53. The molecule has 1 atom stereocenters. The predicted molar refractivity (Wildman–Crippen MR) is 66.2 cm³/mol. The van der Waals surface area contributed by atoms with E-state index in [1.165, 1.54) is 24.9 Å². The van der Waals surface area contributed by atoms with Crippen LogP contribution in [0.4, 0.5) is 0 Å². The largest absolute Gasteiger partial charge is 0.311 e. The summed E-state index contributed by atoms with van der Waals surface area (Å²) in [4.78, 5) is 6.59. The summed E-state index contributed by atoms with van der Waals surface area (Å²) in [6.07, 6.45) is 6.30. The van der Waals surface area contributed by atoms with E-state index in [-0.39, 0.29) is 0 Å². The highest BCUT2D eigenvalue weighted by atomic mass is 15.2. The highest BCUT2D eigenvalue weighted by molar-refractivity contribution is 5.09. The van der Waals surface area contributed by atoms with E-state index < -0.39 is 0 Å². The first kappa shape index (κ1) is 11.6. The first-order chi connectivity index (χ1) is 7.88. The molecule has 2 heterocycles. The van der Waals surface area contributed by atoms with Crippen molar-refractivity contribution in [1.82, 2.24) is 15.2 Å². The molecule has 3 nitrogen and oxygen atoms in total. The zero-order valence-corrected chi connectivity index (χ0v) is 10.0. The van der Waals surface area contributed by atoms with Gasteiger partial charge in [0, 0.05) is 44.6 Å². The van der Waals surface area contributed by atoms with Crippen molar-refractivity contribution >= 4 is 0 Å². The number of hydrogen-bond acceptors (Lipinski definition) is 3. The highest BCUT2D eigenvalue weighted by Gasteiger charge is 2.18. The van der Waals surface area contributed by atoms with Crippen molar-refractivity contribution < 1.29 is 0 Å². The van der Waals surface area contributed by atoms with Crippen LogP contribution in [0.2, 0.25) is 0 Å². The van der Waals surface area contributed by atoms with Gasteiger partial charge in [0.25, 0.3) is 0 Å². The number of nitrogens with zero attached hydrogens (tertiary/aromatic N) is 2. The summed E-state index contributed by atoms with van der Waals surface area (Å²) in [6.45, 7) is 6.77. The first-order valence-electron chi connectivity index (χ1n) is 6.23. The smallest absolute Gasteiger partial charge is 0.0271 e. The third-order valence-electron chi connectivity index (χ3n) is 3.13. The molecule has 1 unspecified atom stereocenters. The monoisotopic (exact) mass is 219 g/mol. The fourth-order valence-corrected chi connectivity index (χ4v) is 2.33. The summed E-state index contributed by atoms with van der Waals surface area (Å²) >= 11 is 0. The van der Waals surface area contributed by atoms with Crippen LogP contribution in [0.5, 0.6) is 0 Å². The zero-order chi connectivity index (χ0) is 11.2. The summed E-state index contributed by atoms with van der Waals surface area (Å²) < 4.78 is 0. The lowest BCUT2D eigenvalue weighted by molar-refractivity contribution is 0.187. The van der Waals surface area contributed by atoms with E-state index in [2.05, 4.69) is 34.3 Å². The van der Waals surface area contributed by atoms with Crippen molar-refractivity contribution in [2.75, 3.05) is 19.6 Å². The van der Waals surface area contributed by atoms with Gasteiger partial charge in [-0.1, -0.05) is 13.3 Å². The predicted octanol–water partition coefficient (Wildman–Crippen LogP) is 1.66. The molecule has 0 aromatic carbocycles. The van der Waals surface area contributed by atoms with Crippen LogP contribution in [0, 0.1) is 0 Å². The fourth-order valence-electron chi connectivity index (χ4n) is 2.33. The molecular weight excluding hydrogens is 198 g/mol. The standard InChI is InChI=1S/C13H21N3/c1-2-3-13-11-16(9-8-15-13)10-12-4-6-14-7-5-12/h4-7,13,15H,2-3,8-11H2,1H3. The molecule has 0 aliphatic carbocycles. The summed E-state index contributed by atoms with van der Waals surface area (Å²) in [7, 11) is 0. The van der Waals surface area contributed by atoms with Gasteiger partial charge < -0.3 is 5.32 Å². The lowest BCUT2D eigenvalue weighted by Gasteiger charge is -2.33. The Bertz CT molecular complexity index is 297. The molecule has 1 fully saturated rings.